The molecule has 8 heteroatoms. The zero-order valence-corrected chi connectivity index (χ0v) is 17.2. The number of fused-ring (bicyclic) bond motifs is 1. The minimum atomic E-state index is -3.33. The highest BCUT2D eigenvalue weighted by Crippen LogP contribution is 2.22. The second kappa shape index (κ2) is 7.61. The van der Waals surface area contributed by atoms with Crippen molar-refractivity contribution in [3.05, 3.63) is 66.1 Å². The number of nitrogen functional groups attached to an aromatic ring is 1. The molecule has 154 valence electrons. The molecule has 0 aliphatic carbocycles. The molecule has 4 rings (SSSR count). The van der Waals surface area contributed by atoms with Crippen LogP contribution in [0.3, 0.4) is 0 Å². The van der Waals surface area contributed by atoms with Crippen LogP contribution in [0.4, 0.5) is 5.82 Å². The van der Waals surface area contributed by atoms with Crippen LogP contribution < -0.4 is 5.73 Å². The molecule has 0 saturated heterocycles. The summed E-state index contributed by atoms with van der Waals surface area (Å²) in [4.78, 5) is 8.97. The van der Waals surface area contributed by atoms with Gasteiger partial charge in [-0.05, 0) is 50.1 Å². The first-order chi connectivity index (χ1) is 14.3. The summed E-state index contributed by atoms with van der Waals surface area (Å²) in [5.74, 6) is 6.25. The summed E-state index contributed by atoms with van der Waals surface area (Å²) in [6.07, 6.45) is 3.28. The lowest BCUT2D eigenvalue weighted by molar-refractivity contribution is 0.587. The van der Waals surface area contributed by atoms with Gasteiger partial charge in [0.15, 0.2) is 21.3 Å². The monoisotopic (exact) mass is 421 g/mol. The Morgan fingerprint density at radius 3 is 2.57 bits per heavy atom. The van der Waals surface area contributed by atoms with Gasteiger partial charge in [-0.25, -0.2) is 18.4 Å². The van der Waals surface area contributed by atoms with Crippen molar-refractivity contribution in [2.24, 2.45) is 0 Å². The van der Waals surface area contributed by atoms with Crippen molar-refractivity contribution >= 4 is 26.6 Å². The van der Waals surface area contributed by atoms with E-state index in [0.717, 1.165) is 22.0 Å². The summed E-state index contributed by atoms with van der Waals surface area (Å²) < 4.78 is 24.6. The van der Waals surface area contributed by atoms with Crippen molar-refractivity contribution in [2.75, 3.05) is 5.73 Å². The van der Waals surface area contributed by atoms with Crippen molar-refractivity contribution in [3.8, 4) is 23.1 Å². The third-order valence-electron chi connectivity index (χ3n) is 4.67. The highest BCUT2D eigenvalue weighted by atomic mass is 32.2. The van der Waals surface area contributed by atoms with E-state index in [4.69, 9.17) is 5.73 Å². The van der Waals surface area contributed by atoms with Crippen LogP contribution in [0.25, 0.3) is 22.2 Å². The van der Waals surface area contributed by atoms with Crippen LogP contribution in [-0.2, 0) is 9.84 Å². The van der Waals surface area contributed by atoms with Gasteiger partial charge in [0.05, 0.1) is 33.7 Å². The van der Waals surface area contributed by atoms with Crippen molar-refractivity contribution < 1.29 is 11.3 Å². The lowest BCUT2D eigenvalue weighted by Crippen LogP contribution is -2.13. The van der Waals surface area contributed by atoms with Crippen LogP contribution in [-0.4, -0.2) is 33.8 Å². The molecule has 3 N–H and O–H groups in total. The molecule has 0 fully saturated rings. The minimum Gasteiger partial charge on any atom is -0.381 e. The van der Waals surface area contributed by atoms with E-state index in [1.54, 1.807) is 50.5 Å². The van der Waals surface area contributed by atoms with E-state index in [1.165, 1.54) is 0 Å². The summed E-state index contributed by atoms with van der Waals surface area (Å²) in [7, 11) is -3.33. The van der Waals surface area contributed by atoms with E-state index in [-0.39, 0.29) is 13.6 Å². The molecule has 2 aromatic heterocycles. The lowest BCUT2D eigenvalue weighted by Gasteiger charge is -2.08. The Bertz CT molecular complexity index is 1410. The molecule has 0 aliphatic rings. The van der Waals surface area contributed by atoms with Gasteiger partial charge in [-0.2, -0.15) is 5.10 Å². The Balaban J connectivity index is 0.00000181. The Kier molecular flexibility index (Phi) is 4.98. The van der Waals surface area contributed by atoms with E-state index < -0.39 is 15.1 Å². The first-order valence-corrected chi connectivity index (χ1v) is 10.8. The lowest BCUT2D eigenvalue weighted by atomic mass is 10.1. The Labute approximate surface area is 177 Å². The molecule has 7 nitrogen and oxygen atoms in total. The quantitative estimate of drug-likeness (QED) is 0.488. The van der Waals surface area contributed by atoms with Crippen LogP contribution in [0.15, 0.2) is 59.8 Å². The number of H-pyrrole nitrogens is 1. The van der Waals surface area contributed by atoms with E-state index >= 15 is 0 Å². The summed E-state index contributed by atoms with van der Waals surface area (Å²) in [5, 5.41) is 7.37. The van der Waals surface area contributed by atoms with Gasteiger partial charge in [-0.15, -0.1) is 0 Å². The van der Waals surface area contributed by atoms with Crippen molar-refractivity contribution in [2.45, 2.75) is 24.0 Å². The maximum absolute atomic E-state index is 12.3. The normalized spacial score (nSPS) is 11.4. The van der Waals surface area contributed by atoms with Gasteiger partial charge in [-0.3, -0.25) is 5.10 Å². The van der Waals surface area contributed by atoms with Gasteiger partial charge in [0.25, 0.3) is 0 Å². The average Bonchev–Trinajstić information content (AvgIpc) is 3.21. The number of nitrogens with zero attached hydrogens (tertiary/aromatic N) is 3. The Morgan fingerprint density at radius 2 is 1.83 bits per heavy atom. The number of rotatable bonds is 3. The minimum absolute atomic E-state index is 0. The number of nitrogens with two attached hydrogens (primary N) is 1. The highest BCUT2D eigenvalue weighted by molar-refractivity contribution is 7.92. The molecule has 0 amide bonds. The fourth-order valence-corrected chi connectivity index (χ4v) is 3.93. The fraction of sp³-hybridized carbons (Fsp3) is 0.136. The predicted molar refractivity (Wildman–Crippen MR) is 121 cm³/mol. The number of anilines is 1. The third-order valence-corrected chi connectivity index (χ3v) is 6.84. The molecule has 0 spiro atoms. The summed E-state index contributed by atoms with van der Waals surface area (Å²) in [6.45, 7) is 3.31. The zero-order valence-electron chi connectivity index (χ0n) is 16.4. The van der Waals surface area contributed by atoms with Crippen molar-refractivity contribution in [3.63, 3.8) is 0 Å². The van der Waals surface area contributed by atoms with Crippen molar-refractivity contribution in [1.82, 2.24) is 20.2 Å². The maximum Gasteiger partial charge on any atom is 0.180 e. The number of aromatic amines is 1. The highest BCUT2D eigenvalue weighted by Gasteiger charge is 2.19. The number of hydrogen-bond acceptors (Lipinski definition) is 6. The largest absolute Gasteiger partial charge is 0.381 e. The number of nitrogens with one attached hydrogen (secondary N) is 1. The number of hydrogen-bond donors (Lipinski definition) is 2. The van der Waals surface area contributed by atoms with Gasteiger partial charge in [0.1, 0.15) is 0 Å². The fourth-order valence-electron chi connectivity index (χ4n) is 2.87. The maximum atomic E-state index is 12.3. The SMILES string of the molecule is CC(C)S(=O)(=O)c1ccc(-c2cnc(N)c(C#Cc3ccc4[nH]ncc4c3)n2)cc1.[HH].[HH]. The molecule has 0 radical (unpaired) electrons. The molecule has 0 aliphatic heterocycles. The van der Waals surface area contributed by atoms with Gasteiger partial charge in [0.2, 0.25) is 0 Å². The first-order valence-electron chi connectivity index (χ1n) is 9.26. The molecule has 0 bridgehead atoms. The first kappa shape index (κ1) is 19.6. The number of sulfone groups is 1. The van der Waals surface area contributed by atoms with Crippen LogP contribution in [0.1, 0.15) is 28.0 Å². The van der Waals surface area contributed by atoms with E-state index in [1.807, 2.05) is 18.2 Å². The third kappa shape index (κ3) is 3.75. The topological polar surface area (TPSA) is 115 Å². The van der Waals surface area contributed by atoms with E-state index in [0.29, 0.717) is 11.4 Å². The molecule has 4 aromatic rings. The molecule has 2 heterocycles. The van der Waals surface area contributed by atoms with Crippen LogP contribution in [0.5, 0.6) is 0 Å². The zero-order chi connectivity index (χ0) is 21.3. The molecule has 2 aromatic carbocycles. The average molecular weight is 422 g/mol. The molecule has 0 atom stereocenters. The molecule has 0 unspecified atom stereocenters. The van der Waals surface area contributed by atoms with Gasteiger partial charge >= 0.3 is 0 Å². The van der Waals surface area contributed by atoms with E-state index in [9.17, 15) is 8.42 Å². The molecular formula is C22H23N5O2S. The van der Waals surface area contributed by atoms with Crippen LogP contribution >= 0.6 is 0 Å². The van der Waals surface area contributed by atoms with Gasteiger partial charge < -0.3 is 5.73 Å². The standard InChI is InChI=1S/C22H19N5O2S.2H2/c1-14(2)30(28,29)18-7-5-16(6-8-18)21-13-24-22(23)20(26-21)10-4-15-3-9-19-17(11-15)12-25-27-19;;/h3,5-9,11-14H,1-2H3,(H2,23,24)(H,25,27);2*1H. The van der Waals surface area contributed by atoms with Crippen LogP contribution in [0.2, 0.25) is 0 Å². The summed E-state index contributed by atoms with van der Waals surface area (Å²) >= 11 is 0. The summed E-state index contributed by atoms with van der Waals surface area (Å²) in [6, 6.07) is 12.3. The Morgan fingerprint density at radius 1 is 1.07 bits per heavy atom. The molecular weight excluding hydrogens is 398 g/mol. The smallest absolute Gasteiger partial charge is 0.180 e. The molecule has 0 saturated carbocycles. The second-order valence-electron chi connectivity index (χ2n) is 7.03. The van der Waals surface area contributed by atoms with Crippen molar-refractivity contribution in [1.29, 1.82) is 0 Å². The Hall–Kier alpha value is -3.70. The van der Waals surface area contributed by atoms with Gasteiger partial charge in [0, 0.05) is 19.4 Å². The number of benzene rings is 2. The summed E-state index contributed by atoms with van der Waals surface area (Å²) in [5.41, 5.74) is 9.34. The molecule has 30 heavy (non-hydrogen) atoms. The van der Waals surface area contributed by atoms with Gasteiger partial charge in [-0.1, -0.05) is 18.1 Å². The second-order valence-corrected chi connectivity index (χ2v) is 9.53. The van der Waals surface area contributed by atoms with Crippen LogP contribution in [0, 0.1) is 11.8 Å². The van der Waals surface area contributed by atoms with E-state index in [2.05, 4.69) is 32.0 Å². The number of aromatic nitrogens is 4. The predicted octanol–water partition coefficient (Wildman–Crippen LogP) is 3.68.